The molecule has 3 heterocycles. The molecular weight excluding hydrogens is 430 g/mol. The predicted molar refractivity (Wildman–Crippen MR) is 116 cm³/mol. The van der Waals surface area contributed by atoms with Crippen LogP contribution in [0, 0.1) is 0 Å². The van der Waals surface area contributed by atoms with Crippen LogP contribution < -0.4 is 15.5 Å². The molecule has 3 N–H and O–H groups in total. The lowest BCUT2D eigenvalue weighted by atomic mass is 10.1. The highest BCUT2D eigenvalue weighted by Gasteiger charge is 2.19. The molecular formula is C19H18ClN5O4S. The number of fused-ring (bicyclic) bond motifs is 1. The van der Waals surface area contributed by atoms with Crippen LogP contribution in [-0.4, -0.2) is 59.9 Å². The number of ether oxygens (including phenoxy) is 1. The fraction of sp³-hybridized carbons (Fsp3) is 0.263. The van der Waals surface area contributed by atoms with Gasteiger partial charge in [0.2, 0.25) is 11.2 Å². The molecule has 4 rings (SSSR count). The van der Waals surface area contributed by atoms with Crippen molar-refractivity contribution < 1.29 is 19.4 Å². The molecule has 1 aliphatic rings. The number of thiophene rings is 1. The molecule has 0 atom stereocenters. The van der Waals surface area contributed by atoms with Crippen LogP contribution in [0.25, 0.3) is 20.7 Å². The zero-order valence-corrected chi connectivity index (χ0v) is 17.3. The molecule has 0 saturated carbocycles. The Balaban J connectivity index is 1.62. The Kier molecular flexibility index (Phi) is 5.98. The second-order valence-corrected chi connectivity index (χ2v) is 7.92. The van der Waals surface area contributed by atoms with Crippen LogP contribution in [0.3, 0.4) is 0 Å². The molecule has 2 aromatic heterocycles. The maximum absolute atomic E-state index is 11.9. The molecule has 1 saturated heterocycles. The van der Waals surface area contributed by atoms with Crippen LogP contribution in [0.4, 0.5) is 16.3 Å². The predicted octanol–water partition coefficient (Wildman–Crippen LogP) is 3.05. The largest absolute Gasteiger partial charge is 0.465 e. The summed E-state index contributed by atoms with van der Waals surface area (Å²) in [4.78, 5) is 34.3. The van der Waals surface area contributed by atoms with Crippen molar-refractivity contribution in [2.45, 2.75) is 0 Å². The van der Waals surface area contributed by atoms with E-state index in [1.165, 1.54) is 0 Å². The lowest BCUT2D eigenvalue weighted by Gasteiger charge is -2.28. The molecule has 11 heteroatoms. The molecule has 156 valence electrons. The molecule has 1 aromatic carbocycles. The maximum atomic E-state index is 11.9. The Morgan fingerprint density at radius 1 is 1.23 bits per heavy atom. The number of rotatable bonds is 5. The van der Waals surface area contributed by atoms with Gasteiger partial charge in [0.25, 0.3) is 0 Å². The zero-order valence-electron chi connectivity index (χ0n) is 15.7. The number of aromatic nitrogens is 2. The van der Waals surface area contributed by atoms with E-state index < -0.39 is 12.0 Å². The molecule has 30 heavy (non-hydrogen) atoms. The van der Waals surface area contributed by atoms with Crippen molar-refractivity contribution in [3.8, 4) is 10.4 Å². The van der Waals surface area contributed by atoms with Crippen LogP contribution in [0.15, 0.2) is 30.3 Å². The van der Waals surface area contributed by atoms with Crippen molar-refractivity contribution >= 4 is 56.7 Å². The molecule has 0 bridgehead atoms. The summed E-state index contributed by atoms with van der Waals surface area (Å²) in [5, 5.41) is 13.5. The second kappa shape index (κ2) is 8.82. The molecule has 9 nitrogen and oxygen atoms in total. The van der Waals surface area contributed by atoms with Gasteiger partial charge in [0.15, 0.2) is 5.82 Å². The van der Waals surface area contributed by atoms with Crippen LogP contribution >= 0.6 is 22.9 Å². The highest BCUT2D eigenvalue weighted by molar-refractivity contribution is 7.22. The number of hydrogen-bond acceptors (Lipinski definition) is 7. The minimum Gasteiger partial charge on any atom is -0.465 e. The number of carboxylic acid groups (broad SMARTS) is 1. The average Bonchev–Trinajstić information content (AvgIpc) is 3.16. The van der Waals surface area contributed by atoms with E-state index in [1.54, 1.807) is 17.4 Å². The molecule has 0 aliphatic carbocycles. The van der Waals surface area contributed by atoms with Crippen molar-refractivity contribution in [2.24, 2.45) is 0 Å². The summed E-state index contributed by atoms with van der Waals surface area (Å²) in [7, 11) is 0. The van der Waals surface area contributed by atoms with Crippen LogP contribution in [0.5, 0.6) is 0 Å². The SMILES string of the molecule is O=C(O)NCC(=O)Nc1cccc(-c2cc3nc(Cl)nc(N4CCOCC4)c3s2)c1. The number of hydrogen-bond donors (Lipinski definition) is 3. The van der Waals surface area contributed by atoms with Gasteiger partial charge in [-0.05, 0) is 35.4 Å². The Hall–Kier alpha value is -2.95. The third kappa shape index (κ3) is 4.61. The van der Waals surface area contributed by atoms with Gasteiger partial charge in [-0.1, -0.05) is 12.1 Å². The van der Waals surface area contributed by atoms with E-state index in [9.17, 15) is 9.59 Å². The third-order valence-corrected chi connectivity index (χ3v) is 5.81. The van der Waals surface area contributed by atoms with Crippen molar-refractivity contribution in [1.82, 2.24) is 15.3 Å². The first-order chi connectivity index (χ1) is 14.5. The number of carbonyl (C=O) groups excluding carboxylic acids is 1. The molecule has 3 aromatic rings. The monoisotopic (exact) mass is 447 g/mol. The average molecular weight is 448 g/mol. The van der Waals surface area contributed by atoms with Gasteiger partial charge in [-0.25, -0.2) is 9.78 Å². The number of benzene rings is 1. The van der Waals surface area contributed by atoms with E-state index >= 15 is 0 Å². The zero-order chi connectivity index (χ0) is 21.1. The van der Waals surface area contributed by atoms with Crippen molar-refractivity contribution in [3.05, 3.63) is 35.6 Å². The van der Waals surface area contributed by atoms with Gasteiger partial charge < -0.3 is 25.4 Å². The molecule has 1 aliphatic heterocycles. The summed E-state index contributed by atoms with van der Waals surface area (Å²) in [5.41, 5.74) is 2.22. The topological polar surface area (TPSA) is 117 Å². The van der Waals surface area contributed by atoms with E-state index in [-0.39, 0.29) is 11.8 Å². The summed E-state index contributed by atoms with van der Waals surface area (Å²) in [5.74, 6) is 0.354. The van der Waals surface area contributed by atoms with Crippen molar-refractivity contribution in [2.75, 3.05) is 43.1 Å². The highest BCUT2D eigenvalue weighted by Crippen LogP contribution is 2.38. The van der Waals surface area contributed by atoms with Gasteiger partial charge in [-0.2, -0.15) is 4.98 Å². The number of carbonyl (C=O) groups is 2. The van der Waals surface area contributed by atoms with E-state index in [2.05, 4.69) is 20.2 Å². The fourth-order valence-electron chi connectivity index (χ4n) is 3.13. The van der Waals surface area contributed by atoms with Gasteiger partial charge in [-0.3, -0.25) is 4.79 Å². The fourth-order valence-corrected chi connectivity index (χ4v) is 4.41. The Labute approximate surface area is 180 Å². The normalized spacial score (nSPS) is 14.0. The van der Waals surface area contributed by atoms with E-state index in [4.69, 9.17) is 21.4 Å². The van der Waals surface area contributed by atoms with Gasteiger partial charge in [-0.15, -0.1) is 11.3 Å². The van der Waals surface area contributed by atoms with Crippen LogP contribution in [0.1, 0.15) is 0 Å². The third-order valence-electron chi connectivity index (χ3n) is 4.47. The van der Waals surface area contributed by atoms with Gasteiger partial charge >= 0.3 is 6.09 Å². The number of anilines is 2. The molecule has 0 spiro atoms. The van der Waals surface area contributed by atoms with E-state index in [0.717, 1.165) is 39.6 Å². The quantitative estimate of drug-likeness (QED) is 0.514. The Morgan fingerprint density at radius 3 is 2.80 bits per heavy atom. The molecule has 0 unspecified atom stereocenters. The van der Waals surface area contributed by atoms with Gasteiger partial charge in [0, 0.05) is 23.7 Å². The summed E-state index contributed by atoms with van der Waals surface area (Å²) in [6.07, 6.45) is -1.25. The van der Waals surface area contributed by atoms with Crippen molar-refractivity contribution in [1.29, 1.82) is 0 Å². The lowest BCUT2D eigenvalue weighted by Crippen LogP contribution is -2.36. The van der Waals surface area contributed by atoms with Crippen LogP contribution in [-0.2, 0) is 9.53 Å². The highest BCUT2D eigenvalue weighted by atomic mass is 35.5. The Morgan fingerprint density at radius 2 is 2.03 bits per heavy atom. The lowest BCUT2D eigenvalue weighted by molar-refractivity contribution is -0.115. The summed E-state index contributed by atoms with van der Waals surface area (Å²) in [6, 6.07) is 9.27. The number of nitrogens with one attached hydrogen (secondary N) is 2. The summed E-state index contributed by atoms with van der Waals surface area (Å²) < 4.78 is 6.37. The standard InChI is InChI=1S/C19H18ClN5O4S/c20-18-23-13-9-14(30-16(13)17(24-18)25-4-6-29-7-5-25)11-2-1-3-12(8-11)22-15(26)10-21-19(27)28/h1-3,8-9,21H,4-7,10H2,(H,22,26)(H,27,28). The first kappa shape index (κ1) is 20.3. The molecule has 2 amide bonds. The first-order valence-electron chi connectivity index (χ1n) is 9.16. The molecule has 0 radical (unpaired) electrons. The summed E-state index contributed by atoms with van der Waals surface area (Å²) in [6.45, 7) is 2.43. The van der Waals surface area contributed by atoms with E-state index in [0.29, 0.717) is 18.9 Å². The van der Waals surface area contributed by atoms with E-state index in [1.807, 2.05) is 29.6 Å². The number of nitrogens with zero attached hydrogens (tertiary/aromatic N) is 3. The van der Waals surface area contributed by atoms with Crippen LogP contribution in [0.2, 0.25) is 5.28 Å². The first-order valence-corrected chi connectivity index (χ1v) is 10.4. The number of halogens is 1. The van der Waals surface area contributed by atoms with Gasteiger partial charge in [0.1, 0.15) is 6.54 Å². The number of amides is 2. The number of morpholine rings is 1. The summed E-state index contributed by atoms with van der Waals surface area (Å²) >= 11 is 7.71. The minimum absolute atomic E-state index is 0.195. The molecule has 1 fully saturated rings. The van der Waals surface area contributed by atoms with Gasteiger partial charge in [0.05, 0.1) is 23.4 Å². The Bertz CT molecular complexity index is 1100. The smallest absolute Gasteiger partial charge is 0.405 e. The second-order valence-electron chi connectivity index (χ2n) is 6.53. The minimum atomic E-state index is -1.25. The maximum Gasteiger partial charge on any atom is 0.405 e. The van der Waals surface area contributed by atoms with Crippen molar-refractivity contribution in [3.63, 3.8) is 0 Å².